The molecule has 4 heterocycles. The topological polar surface area (TPSA) is 90.6 Å². The number of nitrogens with zero attached hydrogens (tertiary/aromatic N) is 5. The van der Waals surface area contributed by atoms with Crippen LogP contribution in [0.4, 0.5) is 5.82 Å². The zero-order chi connectivity index (χ0) is 24.3. The number of hydrogen-bond acceptors (Lipinski definition) is 7. The van der Waals surface area contributed by atoms with Gasteiger partial charge in [0.25, 0.3) is 0 Å². The number of pyridine rings is 1. The van der Waals surface area contributed by atoms with Crippen molar-refractivity contribution in [3.05, 3.63) is 46.0 Å². The van der Waals surface area contributed by atoms with E-state index in [0.717, 1.165) is 65.2 Å². The van der Waals surface area contributed by atoms with Gasteiger partial charge >= 0.3 is 0 Å². The first kappa shape index (κ1) is 23.8. The van der Waals surface area contributed by atoms with Crippen LogP contribution in [0.5, 0.6) is 5.88 Å². The molecule has 182 valence electrons. The van der Waals surface area contributed by atoms with Crippen molar-refractivity contribution in [1.82, 2.24) is 24.3 Å². The Hall–Kier alpha value is -1.88. The first-order valence-electron chi connectivity index (χ1n) is 11.6. The summed E-state index contributed by atoms with van der Waals surface area (Å²) >= 11 is 2.42. The molecule has 3 aromatic rings. The third-order valence-electron chi connectivity index (χ3n) is 7.11. The van der Waals surface area contributed by atoms with Gasteiger partial charge < -0.3 is 14.2 Å². The predicted molar refractivity (Wildman–Crippen MR) is 138 cm³/mol. The van der Waals surface area contributed by atoms with E-state index in [4.69, 9.17) is 14.7 Å². The van der Waals surface area contributed by atoms with Crippen LogP contribution in [-0.4, -0.2) is 49.1 Å². The van der Waals surface area contributed by atoms with Gasteiger partial charge in [-0.2, -0.15) is 5.10 Å². The highest BCUT2D eigenvalue weighted by atomic mass is 79.9. The highest BCUT2D eigenvalue weighted by molar-refractivity contribution is 9.10. The second kappa shape index (κ2) is 8.65. The molecule has 1 aliphatic carbocycles. The minimum atomic E-state index is -1.18. The Kier molecular flexibility index (Phi) is 6.07. The number of halogens is 1. The molecule has 1 aliphatic heterocycles. The largest absolute Gasteiger partial charge is 0.598 e. The summed E-state index contributed by atoms with van der Waals surface area (Å²) in [5.41, 5.74) is 4.05. The molecule has 0 saturated carbocycles. The first-order valence-corrected chi connectivity index (χ1v) is 13.5. The lowest BCUT2D eigenvalue weighted by Gasteiger charge is -2.44. The molecule has 0 bridgehead atoms. The lowest BCUT2D eigenvalue weighted by Crippen LogP contribution is -2.50. The molecule has 8 nitrogen and oxygen atoms in total. The number of nitrogens with one attached hydrogen (secondary N) is 1. The number of rotatable bonds is 4. The third kappa shape index (κ3) is 3.98. The second-order valence-corrected chi connectivity index (χ2v) is 13.0. The molecule has 2 aliphatic rings. The molecule has 1 saturated heterocycles. The van der Waals surface area contributed by atoms with E-state index in [1.165, 1.54) is 0 Å². The number of fused-ring (bicyclic) bond motifs is 2. The van der Waals surface area contributed by atoms with Gasteiger partial charge in [-0.15, -0.1) is 4.72 Å². The van der Waals surface area contributed by atoms with Crippen LogP contribution >= 0.6 is 15.9 Å². The average Bonchev–Trinajstić information content (AvgIpc) is 3.40. The van der Waals surface area contributed by atoms with E-state index in [9.17, 15) is 4.55 Å². The molecular weight excluding hydrogens is 516 g/mol. The molecule has 34 heavy (non-hydrogen) atoms. The van der Waals surface area contributed by atoms with Crippen LogP contribution in [0.25, 0.3) is 5.52 Å². The summed E-state index contributed by atoms with van der Waals surface area (Å²) < 4.78 is 24.5. The summed E-state index contributed by atoms with van der Waals surface area (Å²) in [6, 6.07) is 6.00. The molecule has 0 aromatic carbocycles. The number of anilines is 1. The van der Waals surface area contributed by atoms with Gasteiger partial charge in [-0.3, -0.25) is 0 Å². The standard InChI is InChI=1S/C24H31BrN6O2S/c1-15-21(25)31-18(8-11-26-31)22(27-15)30-12-9-24(10-13-30)14-17-16(6-7-19(28-17)33-5)20(24)29-34(32)23(2,3)4/h6-8,11,20,29H,9-10,12-14H2,1-5H3/t20-,34-/m1/s1. The van der Waals surface area contributed by atoms with Gasteiger partial charge in [0.2, 0.25) is 5.88 Å². The van der Waals surface area contributed by atoms with Crippen molar-refractivity contribution >= 4 is 38.6 Å². The molecule has 0 unspecified atom stereocenters. The smallest absolute Gasteiger partial charge is 0.213 e. The van der Waals surface area contributed by atoms with Crippen molar-refractivity contribution in [2.24, 2.45) is 5.41 Å². The van der Waals surface area contributed by atoms with Crippen molar-refractivity contribution in [2.75, 3.05) is 25.1 Å². The monoisotopic (exact) mass is 546 g/mol. The maximum absolute atomic E-state index is 13.2. The van der Waals surface area contributed by atoms with Gasteiger partial charge in [-0.05, 0) is 74.5 Å². The average molecular weight is 548 g/mol. The summed E-state index contributed by atoms with van der Waals surface area (Å²) in [4.78, 5) is 12.0. The molecule has 5 rings (SSSR count). The molecule has 0 radical (unpaired) electrons. The van der Waals surface area contributed by atoms with Gasteiger partial charge in [0.15, 0.2) is 5.82 Å². The van der Waals surface area contributed by atoms with E-state index in [0.29, 0.717) is 5.88 Å². The quantitative estimate of drug-likeness (QED) is 0.491. The number of hydrogen-bond donors (Lipinski definition) is 1. The molecule has 1 N–H and O–H groups in total. The van der Waals surface area contributed by atoms with Crippen molar-refractivity contribution < 1.29 is 9.29 Å². The summed E-state index contributed by atoms with van der Waals surface area (Å²) in [7, 11) is 1.65. The maximum Gasteiger partial charge on any atom is 0.213 e. The normalized spacial score (nSPS) is 20.7. The summed E-state index contributed by atoms with van der Waals surface area (Å²) in [5.74, 6) is 1.59. The Labute approximate surface area is 211 Å². The van der Waals surface area contributed by atoms with Gasteiger partial charge in [-0.25, -0.2) is 14.5 Å². The molecule has 1 spiro atoms. The minimum absolute atomic E-state index is 0.0160. The molecule has 2 atom stereocenters. The van der Waals surface area contributed by atoms with Crippen LogP contribution in [0.1, 0.15) is 56.6 Å². The van der Waals surface area contributed by atoms with Crippen LogP contribution in [0.15, 0.2) is 29.0 Å². The van der Waals surface area contributed by atoms with Crippen molar-refractivity contribution in [3.8, 4) is 5.88 Å². The van der Waals surface area contributed by atoms with E-state index in [1.807, 2.05) is 50.5 Å². The minimum Gasteiger partial charge on any atom is -0.598 e. The van der Waals surface area contributed by atoms with Crippen molar-refractivity contribution in [1.29, 1.82) is 0 Å². The Morgan fingerprint density at radius 2 is 1.94 bits per heavy atom. The zero-order valence-corrected chi connectivity index (χ0v) is 22.7. The summed E-state index contributed by atoms with van der Waals surface area (Å²) in [6.07, 6.45) is 4.55. The Balaban J connectivity index is 1.45. The lowest BCUT2D eigenvalue weighted by atomic mass is 9.73. The zero-order valence-electron chi connectivity index (χ0n) is 20.3. The summed E-state index contributed by atoms with van der Waals surface area (Å²) in [5, 5.41) is 4.46. The van der Waals surface area contributed by atoms with Crippen LogP contribution in [0.2, 0.25) is 0 Å². The van der Waals surface area contributed by atoms with Crippen molar-refractivity contribution in [2.45, 2.75) is 57.7 Å². The molecule has 10 heteroatoms. The van der Waals surface area contributed by atoms with Crippen molar-refractivity contribution in [3.63, 3.8) is 0 Å². The van der Waals surface area contributed by atoms with Gasteiger partial charge in [0.05, 0.1) is 30.7 Å². The van der Waals surface area contributed by atoms with Crippen LogP contribution in [0.3, 0.4) is 0 Å². The van der Waals surface area contributed by atoms with Gasteiger partial charge in [-0.1, -0.05) is 6.07 Å². The Morgan fingerprint density at radius 3 is 2.62 bits per heavy atom. The first-order chi connectivity index (χ1) is 16.1. The lowest BCUT2D eigenvalue weighted by molar-refractivity contribution is 0.175. The molecule has 3 aromatic heterocycles. The third-order valence-corrected chi connectivity index (χ3v) is 9.58. The molecule has 0 amide bonds. The SMILES string of the molecule is COc1ccc2c(n1)CC1(CCN(c3nc(C)c(Br)n4nccc34)CC1)[C@@H]2N[S@+]([O-])C(C)(C)C. The number of aromatic nitrogens is 4. The van der Waals surface area contributed by atoms with Crippen LogP contribution < -0.4 is 14.4 Å². The van der Waals surface area contributed by atoms with Crippen LogP contribution in [0, 0.1) is 12.3 Å². The van der Waals surface area contributed by atoms with E-state index >= 15 is 0 Å². The van der Waals surface area contributed by atoms with Crippen LogP contribution in [-0.2, 0) is 17.8 Å². The number of aryl methyl sites for hydroxylation is 1. The summed E-state index contributed by atoms with van der Waals surface area (Å²) in [6.45, 7) is 9.74. The Morgan fingerprint density at radius 1 is 1.21 bits per heavy atom. The maximum atomic E-state index is 13.2. The van der Waals surface area contributed by atoms with E-state index in [-0.39, 0.29) is 16.2 Å². The van der Waals surface area contributed by atoms with E-state index in [2.05, 4.69) is 36.7 Å². The molecular formula is C24H31BrN6O2S. The highest BCUT2D eigenvalue weighted by Gasteiger charge is 2.51. The van der Waals surface area contributed by atoms with Gasteiger partial charge in [0.1, 0.15) is 14.9 Å². The van der Waals surface area contributed by atoms with E-state index < -0.39 is 11.4 Å². The molecule has 1 fully saturated rings. The Bertz CT molecular complexity index is 1220. The fourth-order valence-corrected chi connectivity index (χ4v) is 6.47. The fraction of sp³-hybridized carbons (Fsp3) is 0.542. The van der Waals surface area contributed by atoms with Gasteiger partial charge in [0, 0.05) is 35.9 Å². The number of methoxy groups -OCH3 is 1. The predicted octanol–water partition coefficient (Wildman–Crippen LogP) is 4.14. The number of ether oxygens (including phenoxy) is 1. The van der Waals surface area contributed by atoms with E-state index in [1.54, 1.807) is 7.11 Å². The number of piperidine rings is 1. The highest BCUT2D eigenvalue weighted by Crippen LogP contribution is 2.53. The fourth-order valence-electron chi connectivity index (χ4n) is 5.15. The second-order valence-electron chi connectivity index (χ2n) is 10.3.